The maximum Gasteiger partial charge on any atom is 0.220 e. The van der Waals surface area contributed by atoms with Gasteiger partial charge in [0.2, 0.25) is 10.0 Å². The average molecular weight is 302 g/mol. The topological polar surface area (TPSA) is 83.6 Å². The first-order valence-corrected chi connectivity index (χ1v) is 8.66. The Kier molecular flexibility index (Phi) is 5.17. The Bertz CT molecular complexity index is 520. The number of hydrogen-bond donors (Lipinski definition) is 1. The van der Waals surface area contributed by atoms with Gasteiger partial charge < -0.3 is 9.63 Å². The van der Waals surface area contributed by atoms with Gasteiger partial charge in [-0.2, -0.15) is 4.31 Å². The Morgan fingerprint density at radius 1 is 1.40 bits per heavy atom. The molecule has 0 amide bonds. The average Bonchev–Trinajstić information content (AvgIpc) is 2.81. The standard InChI is InChI=1S/C13H22N2O4S/c1-11-9-12(14-19-11)10-20(17,18)15(7-8-16)13-5-3-2-4-6-13/h9,13,16H,2-8,10H2,1H3. The summed E-state index contributed by atoms with van der Waals surface area (Å²) in [5.41, 5.74) is 0.418. The van der Waals surface area contributed by atoms with Crippen LogP contribution in [-0.4, -0.2) is 42.2 Å². The zero-order valence-corrected chi connectivity index (χ0v) is 12.6. The van der Waals surface area contributed by atoms with E-state index in [1.54, 1.807) is 13.0 Å². The van der Waals surface area contributed by atoms with Crippen molar-refractivity contribution in [3.8, 4) is 0 Å². The molecule has 1 aromatic heterocycles. The summed E-state index contributed by atoms with van der Waals surface area (Å²) in [5, 5.41) is 12.9. The van der Waals surface area contributed by atoms with E-state index in [1.165, 1.54) is 4.31 Å². The van der Waals surface area contributed by atoms with Gasteiger partial charge in [0, 0.05) is 18.7 Å². The molecule has 1 heterocycles. The second kappa shape index (κ2) is 6.69. The van der Waals surface area contributed by atoms with Crippen molar-refractivity contribution in [3.05, 3.63) is 17.5 Å². The van der Waals surface area contributed by atoms with Crippen LogP contribution in [-0.2, 0) is 15.8 Å². The van der Waals surface area contributed by atoms with E-state index in [2.05, 4.69) is 5.16 Å². The molecule has 20 heavy (non-hydrogen) atoms. The zero-order valence-electron chi connectivity index (χ0n) is 11.8. The first-order valence-electron chi connectivity index (χ1n) is 7.05. The minimum Gasteiger partial charge on any atom is -0.395 e. The Hall–Kier alpha value is -0.920. The maximum absolute atomic E-state index is 12.5. The molecule has 0 atom stereocenters. The summed E-state index contributed by atoms with van der Waals surface area (Å²) in [7, 11) is -3.47. The molecule has 0 aliphatic heterocycles. The van der Waals surface area contributed by atoms with Crippen molar-refractivity contribution in [3.63, 3.8) is 0 Å². The zero-order chi connectivity index (χ0) is 14.6. The highest BCUT2D eigenvalue weighted by Crippen LogP contribution is 2.25. The summed E-state index contributed by atoms with van der Waals surface area (Å²) in [4.78, 5) is 0. The van der Waals surface area contributed by atoms with Gasteiger partial charge in [0.15, 0.2) is 0 Å². The summed E-state index contributed by atoms with van der Waals surface area (Å²) in [6, 6.07) is 1.64. The summed E-state index contributed by atoms with van der Waals surface area (Å²) >= 11 is 0. The molecule has 114 valence electrons. The Morgan fingerprint density at radius 2 is 2.10 bits per heavy atom. The molecule has 1 aliphatic carbocycles. The molecule has 1 N–H and O–H groups in total. The van der Waals surface area contributed by atoms with Crippen LogP contribution >= 0.6 is 0 Å². The van der Waals surface area contributed by atoms with Crippen LogP contribution in [0.5, 0.6) is 0 Å². The Morgan fingerprint density at radius 3 is 2.65 bits per heavy atom. The van der Waals surface area contributed by atoms with Gasteiger partial charge in [0.1, 0.15) is 17.2 Å². The molecule has 7 heteroatoms. The van der Waals surface area contributed by atoms with E-state index in [0.29, 0.717) is 11.5 Å². The molecule has 6 nitrogen and oxygen atoms in total. The fraction of sp³-hybridized carbons (Fsp3) is 0.769. The third kappa shape index (κ3) is 3.80. The first kappa shape index (κ1) is 15.5. The lowest BCUT2D eigenvalue weighted by Crippen LogP contribution is -2.43. The molecule has 1 aromatic rings. The third-order valence-electron chi connectivity index (χ3n) is 3.67. The fourth-order valence-electron chi connectivity index (χ4n) is 2.77. The van der Waals surface area contributed by atoms with Gasteiger partial charge in [-0.3, -0.25) is 0 Å². The lowest BCUT2D eigenvalue weighted by molar-refractivity contribution is 0.199. The first-order chi connectivity index (χ1) is 9.53. The lowest BCUT2D eigenvalue weighted by atomic mass is 9.95. The minimum atomic E-state index is -3.47. The van der Waals surface area contributed by atoms with Gasteiger partial charge in [0.25, 0.3) is 0 Å². The number of aromatic nitrogens is 1. The number of aliphatic hydroxyl groups is 1. The van der Waals surface area contributed by atoms with Crippen molar-refractivity contribution in [2.75, 3.05) is 13.2 Å². The smallest absolute Gasteiger partial charge is 0.220 e. The molecule has 0 aromatic carbocycles. The van der Waals surface area contributed by atoms with E-state index in [4.69, 9.17) is 9.63 Å². The quantitative estimate of drug-likeness (QED) is 0.859. The molecule has 0 spiro atoms. The molecule has 0 unspecified atom stereocenters. The molecule has 2 rings (SSSR count). The van der Waals surface area contributed by atoms with Gasteiger partial charge >= 0.3 is 0 Å². The number of aryl methyl sites for hydroxylation is 1. The number of aliphatic hydroxyl groups excluding tert-OH is 1. The fourth-order valence-corrected chi connectivity index (χ4v) is 4.47. The van der Waals surface area contributed by atoms with Crippen molar-refractivity contribution in [1.82, 2.24) is 9.46 Å². The molecule has 1 saturated carbocycles. The van der Waals surface area contributed by atoms with Crippen molar-refractivity contribution in [2.45, 2.75) is 50.8 Å². The molecule has 0 bridgehead atoms. The van der Waals surface area contributed by atoms with Crippen LogP contribution in [0.25, 0.3) is 0 Å². The number of nitrogens with zero attached hydrogens (tertiary/aromatic N) is 2. The predicted octanol–water partition coefficient (Wildman–Crippen LogP) is 1.44. The van der Waals surface area contributed by atoms with Crippen LogP contribution in [0.3, 0.4) is 0 Å². The maximum atomic E-state index is 12.5. The predicted molar refractivity (Wildman–Crippen MR) is 74.5 cm³/mol. The number of rotatable bonds is 6. The highest BCUT2D eigenvalue weighted by Gasteiger charge is 2.31. The summed E-state index contributed by atoms with van der Waals surface area (Å²) in [6.07, 6.45) is 5.00. The third-order valence-corrected chi connectivity index (χ3v) is 5.52. The molecular formula is C13H22N2O4S. The van der Waals surface area contributed by atoms with Gasteiger partial charge in [-0.15, -0.1) is 0 Å². The Balaban J connectivity index is 2.13. The van der Waals surface area contributed by atoms with Crippen molar-refractivity contribution >= 4 is 10.0 Å². The van der Waals surface area contributed by atoms with Gasteiger partial charge in [-0.1, -0.05) is 24.4 Å². The van der Waals surface area contributed by atoms with E-state index in [1.807, 2.05) is 0 Å². The van der Waals surface area contributed by atoms with Crippen molar-refractivity contribution in [1.29, 1.82) is 0 Å². The second-order valence-electron chi connectivity index (χ2n) is 5.31. The van der Waals surface area contributed by atoms with Gasteiger partial charge in [-0.05, 0) is 19.8 Å². The molecule has 1 fully saturated rings. The van der Waals surface area contributed by atoms with Crippen LogP contribution in [0.1, 0.15) is 43.6 Å². The molecular weight excluding hydrogens is 280 g/mol. The van der Waals surface area contributed by atoms with Crippen LogP contribution in [0.2, 0.25) is 0 Å². The van der Waals surface area contributed by atoms with Crippen LogP contribution in [0, 0.1) is 6.92 Å². The normalized spacial score (nSPS) is 17.8. The monoisotopic (exact) mass is 302 g/mol. The van der Waals surface area contributed by atoms with Gasteiger partial charge in [0.05, 0.1) is 6.61 Å². The van der Waals surface area contributed by atoms with Crippen LogP contribution < -0.4 is 0 Å². The van der Waals surface area contributed by atoms with E-state index in [0.717, 1.165) is 32.1 Å². The van der Waals surface area contributed by atoms with E-state index >= 15 is 0 Å². The van der Waals surface area contributed by atoms with E-state index in [-0.39, 0.29) is 24.9 Å². The Labute approximate surface area is 119 Å². The van der Waals surface area contributed by atoms with Crippen molar-refractivity contribution in [2.24, 2.45) is 0 Å². The van der Waals surface area contributed by atoms with Crippen LogP contribution in [0.4, 0.5) is 0 Å². The molecule has 1 aliphatic rings. The molecule has 0 saturated heterocycles. The summed E-state index contributed by atoms with van der Waals surface area (Å²) in [6.45, 7) is 1.73. The second-order valence-corrected chi connectivity index (χ2v) is 7.23. The van der Waals surface area contributed by atoms with Gasteiger partial charge in [-0.25, -0.2) is 8.42 Å². The lowest BCUT2D eigenvalue weighted by Gasteiger charge is -2.32. The van der Waals surface area contributed by atoms with E-state index in [9.17, 15) is 8.42 Å². The van der Waals surface area contributed by atoms with Crippen molar-refractivity contribution < 1.29 is 18.0 Å². The highest BCUT2D eigenvalue weighted by atomic mass is 32.2. The number of sulfonamides is 1. The summed E-state index contributed by atoms with van der Waals surface area (Å²) < 4.78 is 31.4. The number of hydrogen-bond acceptors (Lipinski definition) is 5. The van der Waals surface area contributed by atoms with E-state index < -0.39 is 10.0 Å². The van der Waals surface area contributed by atoms with Crippen LogP contribution in [0.15, 0.2) is 10.6 Å². The highest BCUT2D eigenvalue weighted by molar-refractivity contribution is 7.88. The largest absolute Gasteiger partial charge is 0.395 e. The SMILES string of the molecule is Cc1cc(CS(=O)(=O)N(CCO)C2CCCCC2)no1. The summed E-state index contributed by atoms with van der Waals surface area (Å²) in [5.74, 6) is 0.433. The minimum absolute atomic E-state index is 0.00824. The molecule has 0 radical (unpaired) electrons.